The predicted molar refractivity (Wildman–Crippen MR) is 69.2 cm³/mol. The normalized spacial score (nSPS) is 20.5. The summed E-state index contributed by atoms with van der Waals surface area (Å²) >= 11 is 3.24. The quantitative estimate of drug-likeness (QED) is 0.872. The maximum Gasteiger partial charge on any atom is 0.255 e. The second-order valence-electron chi connectivity index (χ2n) is 4.38. The van der Waals surface area contributed by atoms with Gasteiger partial charge in [0.25, 0.3) is 5.91 Å². The lowest BCUT2D eigenvalue weighted by atomic mass is 10.1. The summed E-state index contributed by atoms with van der Waals surface area (Å²) in [6, 6.07) is 5.06. The van der Waals surface area contributed by atoms with Crippen LogP contribution in [0.4, 0.5) is 0 Å². The summed E-state index contributed by atoms with van der Waals surface area (Å²) in [6.07, 6.45) is 0.958. The fraction of sp³-hybridized carbons (Fsp3) is 0.417. The van der Waals surface area contributed by atoms with Crippen molar-refractivity contribution in [3.05, 3.63) is 28.2 Å². The SMILES string of the molecule is CN1CCC(NC(=O)c2ccc(Br)cc2O)C1. The van der Waals surface area contributed by atoms with Crippen molar-refractivity contribution in [3.63, 3.8) is 0 Å². The number of amides is 1. The average molecular weight is 299 g/mol. The molecule has 1 aromatic rings. The lowest BCUT2D eigenvalue weighted by Gasteiger charge is -2.13. The number of aromatic hydroxyl groups is 1. The smallest absolute Gasteiger partial charge is 0.255 e. The Morgan fingerprint density at radius 2 is 2.35 bits per heavy atom. The van der Waals surface area contributed by atoms with Crippen LogP contribution in [0.15, 0.2) is 22.7 Å². The summed E-state index contributed by atoms with van der Waals surface area (Å²) in [4.78, 5) is 14.1. The van der Waals surface area contributed by atoms with Crippen molar-refractivity contribution >= 4 is 21.8 Å². The molecule has 2 N–H and O–H groups in total. The van der Waals surface area contributed by atoms with Crippen LogP contribution in [0.1, 0.15) is 16.8 Å². The van der Waals surface area contributed by atoms with Gasteiger partial charge < -0.3 is 15.3 Å². The highest BCUT2D eigenvalue weighted by Gasteiger charge is 2.22. The van der Waals surface area contributed by atoms with Crippen molar-refractivity contribution in [3.8, 4) is 5.75 Å². The number of halogens is 1. The lowest BCUT2D eigenvalue weighted by molar-refractivity contribution is 0.0935. The molecule has 5 heteroatoms. The third-order valence-corrected chi connectivity index (χ3v) is 3.42. The first kappa shape index (κ1) is 12.4. The van der Waals surface area contributed by atoms with Gasteiger partial charge in [0.2, 0.25) is 0 Å². The van der Waals surface area contributed by atoms with Gasteiger partial charge in [-0.1, -0.05) is 15.9 Å². The van der Waals surface area contributed by atoms with E-state index in [1.54, 1.807) is 12.1 Å². The average Bonchev–Trinajstić information content (AvgIpc) is 2.63. The van der Waals surface area contributed by atoms with Gasteiger partial charge in [-0.15, -0.1) is 0 Å². The van der Waals surface area contributed by atoms with E-state index in [2.05, 4.69) is 26.1 Å². The molecule has 1 heterocycles. The molecule has 0 saturated carbocycles. The second kappa shape index (κ2) is 5.06. The molecule has 1 atom stereocenters. The van der Waals surface area contributed by atoms with E-state index < -0.39 is 0 Å². The minimum Gasteiger partial charge on any atom is -0.507 e. The number of phenolic OH excluding ortho intramolecular Hbond substituents is 1. The predicted octanol–water partition coefficient (Wildman–Crippen LogP) is 1.59. The van der Waals surface area contributed by atoms with E-state index in [4.69, 9.17) is 0 Å². The number of carbonyl (C=O) groups excluding carboxylic acids is 1. The Balaban J connectivity index is 2.04. The Kier molecular flexibility index (Phi) is 3.69. The molecule has 1 aliphatic heterocycles. The highest BCUT2D eigenvalue weighted by atomic mass is 79.9. The zero-order valence-electron chi connectivity index (χ0n) is 9.61. The second-order valence-corrected chi connectivity index (χ2v) is 5.30. The minimum atomic E-state index is -0.213. The van der Waals surface area contributed by atoms with Crippen molar-refractivity contribution < 1.29 is 9.90 Å². The molecular formula is C12H15BrN2O2. The van der Waals surface area contributed by atoms with Crippen LogP contribution in [-0.4, -0.2) is 42.1 Å². The molecule has 1 saturated heterocycles. The third-order valence-electron chi connectivity index (χ3n) is 2.93. The van der Waals surface area contributed by atoms with Crippen molar-refractivity contribution in [2.24, 2.45) is 0 Å². The largest absolute Gasteiger partial charge is 0.507 e. The molecular weight excluding hydrogens is 284 g/mol. The van der Waals surface area contributed by atoms with E-state index in [1.165, 1.54) is 6.07 Å². The molecule has 17 heavy (non-hydrogen) atoms. The topological polar surface area (TPSA) is 52.6 Å². The van der Waals surface area contributed by atoms with Gasteiger partial charge in [0, 0.05) is 17.1 Å². The molecule has 2 rings (SSSR count). The van der Waals surface area contributed by atoms with Gasteiger partial charge in [0.05, 0.1) is 5.56 Å². The van der Waals surface area contributed by atoms with Crippen LogP contribution in [0.3, 0.4) is 0 Å². The first-order chi connectivity index (χ1) is 8.06. The van der Waals surface area contributed by atoms with Gasteiger partial charge in [-0.25, -0.2) is 0 Å². The maximum atomic E-state index is 11.9. The van der Waals surface area contributed by atoms with Crippen molar-refractivity contribution in [1.82, 2.24) is 10.2 Å². The minimum absolute atomic E-state index is 0.00299. The molecule has 4 nitrogen and oxygen atoms in total. The van der Waals surface area contributed by atoms with Crippen molar-refractivity contribution in [2.45, 2.75) is 12.5 Å². The number of carbonyl (C=O) groups is 1. The molecule has 0 bridgehead atoms. The Hall–Kier alpha value is -1.07. The van der Waals surface area contributed by atoms with Gasteiger partial charge in [0.1, 0.15) is 5.75 Å². The zero-order valence-corrected chi connectivity index (χ0v) is 11.2. The summed E-state index contributed by atoms with van der Waals surface area (Å²) in [5.74, 6) is -0.210. The van der Waals surface area contributed by atoms with E-state index in [9.17, 15) is 9.90 Å². The Morgan fingerprint density at radius 1 is 1.59 bits per heavy atom. The van der Waals surface area contributed by atoms with Crippen LogP contribution in [0.5, 0.6) is 5.75 Å². The van der Waals surface area contributed by atoms with Gasteiger partial charge in [-0.3, -0.25) is 4.79 Å². The fourth-order valence-electron chi connectivity index (χ4n) is 2.01. The van der Waals surface area contributed by atoms with Gasteiger partial charge in [-0.2, -0.15) is 0 Å². The lowest BCUT2D eigenvalue weighted by Crippen LogP contribution is -2.36. The van der Waals surface area contributed by atoms with Gasteiger partial charge in [0.15, 0.2) is 0 Å². The molecule has 1 aliphatic rings. The highest BCUT2D eigenvalue weighted by Crippen LogP contribution is 2.22. The molecule has 0 spiro atoms. The van der Waals surface area contributed by atoms with Gasteiger partial charge >= 0.3 is 0 Å². The molecule has 1 unspecified atom stereocenters. The van der Waals surface area contributed by atoms with Crippen molar-refractivity contribution in [2.75, 3.05) is 20.1 Å². The molecule has 1 fully saturated rings. The van der Waals surface area contributed by atoms with E-state index in [0.717, 1.165) is 24.0 Å². The first-order valence-corrected chi connectivity index (χ1v) is 6.33. The van der Waals surface area contributed by atoms with Crippen molar-refractivity contribution in [1.29, 1.82) is 0 Å². The maximum absolute atomic E-state index is 11.9. The number of hydrogen-bond acceptors (Lipinski definition) is 3. The molecule has 92 valence electrons. The number of phenols is 1. The van der Waals surface area contributed by atoms with E-state index in [-0.39, 0.29) is 17.7 Å². The van der Waals surface area contributed by atoms with Crippen LogP contribution < -0.4 is 5.32 Å². The van der Waals surface area contributed by atoms with Crippen LogP contribution in [0.2, 0.25) is 0 Å². The number of hydrogen-bond donors (Lipinski definition) is 2. The first-order valence-electron chi connectivity index (χ1n) is 5.54. The number of nitrogens with one attached hydrogen (secondary N) is 1. The number of benzene rings is 1. The Morgan fingerprint density at radius 3 is 2.94 bits per heavy atom. The molecule has 1 amide bonds. The van der Waals surface area contributed by atoms with Crippen LogP contribution >= 0.6 is 15.9 Å². The summed E-state index contributed by atoms with van der Waals surface area (Å²) in [5, 5.41) is 12.6. The summed E-state index contributed by atoms with van der Waals surface area (Å²) < 4.78 is 0.757. The number of nitrogens with zero attached hydrogens (tertiary/aromatic N) is 1. The van der Waals surface area contributed by atoms with E-state index in [0.29, 0.717) is 5.56 Å². The summed E-state index contributed by atoms with van der Waals surface area (Å²) in [7, 11) is 2.03. The standard InChI is InChI=1S/C12H15BrN2O2/c1-15-5-4-9(7-15)14-12(17)10-3-2-8(13)6-11(10)16/h2-3,6,9,16H,4-5,7H2,1H3,(H,14,17). The van der Waals surface area contributed by atoms with Crippen LogP contribution in [-0.2, 0) is 0 Å². The monoisotopic (exact) mass is 298 g/mol. The molecule has 0 aliphatic carbocycles. The zero-order chi connectivity index (χ0) is 12.4. The number of likely N-dealkylation sites (N-methyl/N-ethyl adjacent to an activating group) is 1. The summed E-state index contributed by atoms with van der Waals surface area (Å²) in [5.41, 5.74) is 0.322. The van der Waals surface area contributed by atoms with E-state index >= 15 is 0 Å². The van der Waals surface area contributed by atoms with Gasteiger partial charge in [-0.05, 0) is 38.2 Å². The summed E-state index contributed by atoms with van der Waals surface area (Å²) in [6.45, 7) is 1.86. The Labute approximate surface area is 109 Å². The highest BCUT2D eigenvalue weighted by molar-refractivity contribution is 9.10. The third kappa shape index (κ3) is 2.98. The fourth-order valence-corrected chi connectivity index (χ4v) is 2.36. The van der Waals surface area contributed by atoms with Crippen LogP contribution in [0.25, 0.3) is 0 Å². The number of likely N-dealkylation sites (tertiary alicyclic amines) is 1. The Bertz CT molecular complexity index is 437. The van der Waals surface area contributed by atoms with E-state index in [1.807, 2.05) is 7.05 Å². The molecule has 1 aromatic carbocycles. The van der Waals surface area contributed by atoms with Crippen LogP contribution in [0, 0.1) is 0 Å². The number of rotatable bonds is 2. The molecule has 0 aromatic heterocycles. The molecule has 0 radical (unpaired) electrons.